The van der Waals surface area contributed by atoms with Gasteiger partial charge in [0.2, 0.25) is 5.91 Å². The van der Waals surface area contributed by atoms with Crippen LogP contribution < -0.4 is 0 Å². The highest BCUT2D eigenvalue weighted by Crippen LogP contribution is 2.27. The summed E-state index contributed by atoms with van der Waals surface area (Å²) in [6.07, 6.45) is 1.25. The van der Waals surface area contributed by atoms with Gasteiger partial charge < -0.3 is 4.90 Å². The zero-order valence-corrected chi connectivity index (χ0v) is 16.5. The molecule has 25 heavy (non-hydrogen) atoms. The third-order valence-electron chi connectivity index (χ3n) is 4.87. The number of nitrogens with zero attached hydrogens (tertiary/aromatic N) is 2. The molecular formula is C21H32N2O2. The second kappa shape index (κ2) is 7.69. The molecule has 0 spiro atoms. The number of aryl methyl sites for hydroxylation is 1. The van der Waals surface area contributed by atoms with E-state index in [4.69, 9.17) is 0 Å². The number of hydrogen-bond donors (Lipinski definition) is 0. The van der Waals surface area contributed by atoms with Crippen LogP contribution in [0.1, 0.15) is 51.7 Å². The van der Waals surface area contributed by atoms with Crippen molar-refractivity contribution in [2.24, 2.45) is 5.41 Å². The molecule has 0 radical (unpaired) electrons. The molecule has 1 aromatic rings. The molecule has 2 rings (SSSR count). The zero-order valence-electron chi connectivity index (χ0n) is 16.5. The Kier molecular flexibility index (Phi) is 6.04. The largest absolute Gasteiger partial charge is 0.334 e. The molecule has 1 aromatic carbocycles. The van der Waals surface area contributed by atoms with Gasteiger partial charge in [-0.2, -0.15) is 0 Å². The summed E-state index contributed by atoms with van der Waals surface area (Å²) < 4.78 is 0. The fourth-order valence-corrected chi connectivity index (χ4v) is 3.66. The lowest BCUT2D eigenvalue weighted by atomic mass is 9.91. The van der Waals surface area contributed by atoms with E-state index in [2.05, 4.69) is 50.8 Å². The topological polar surface area (TPSA) is 40.6 Å². The zero-order chi connectivity index (χ0) is 18.8. The molecule has 4 heteroatoms. The number of carbonyl (C=O) groups is 2. The molecule has 0 aliphatic carbocycles. The van der Waals surface area contributed by atoms with E-state index >= 15 is 0 Å². The van der Waals surface area contributed by atoms with Gasteiger partial charge in [0.15, 0.2) is 0 Å². The number of hydrogen-bond acceptors (Lipinski definition) is 3. The summed E-state index contributed by atoms with van der Waals surface area (Å²) in [5.41, 5.74) is 2.30. The predicted octanol–water partition coefficient (Wildman–Crippen LogP) is 3.42. The summed E-state index contributed by atoms with van der Waals surface area (Å²) in [6.45, 7) is 11.4. The van der Waals surface area contributed by atoms with Gasteiger partial charge >= 0.3 is 0 Å². The SMILES string of the molecule is CC(=O)[C@@H]1C[C@@H](N(Cc2cccc(C)c2)C(=O)CC(C)(C)C)CN1C. The van der Waals surface area contributed by atoms with Crippen molar-refractivity contribution in [3.05, 3.63) is 35.4 Å². The Labute approximate surface area is 152 Å². The van der Waals surface area contributed by atoms with Gasteiger partial charge in [-0.05, 0) is 38.3 Å². The highest BCUT2D eigenvalue weighted by Gasteiger charge is 2.38. The van der Waals surface area contributed by atoms with Gasteiger partial charge in [0.1, 0.15) is 5.78 Å². The van der Waals surface area contributed by atoms with Crippen molar-refractivity contribution in [3.8, 4) is 0 Å². The summed E-state index contributed by atoms with van der Waals surface area (Å²) in [5, 5.41) is 0. The molecule has 4 nitrogen and oxygen atoms in total. The Morgan fingerprint density at radius 1 is 1.28 bits per heavy atom. The van der Waals surface area contributed by atoms with Gasteiger partial charge in [-0.1, -0.05) is 50.6 Å². The minimum atomic E-state index is -0.0764. The predicted molar refractivity (Wildman–Crippen MR) is 101 cm³/mol. The molecule has 1 amide bonds. The van der Waals surface area contributed by atoms with Crippen LogP contribution in [0.15, 0.2) is 24.3 Å². The van der Waals surface area contributed by atoms with E-state index in [1.54, 1.807) is 6.92 Å². The van der Waals surface area contributed by atoms with Crippen LogP contribution in [0.3, 0.4) is 0 Å². The van der Waals surface area contributed by atoms with Crippen LogP contribution in [0.5, 0.6) is 0 Å². The molecule has 0 aromatic heterocycles. The summed E-state index contributed by atoms with van der Waals surface area (Å²) in [5.74, 6) is 0.361. The maximum atomic E-state index is 13.0. The molecule has 138 valence electrons. The van der Waals surface area contributed by atoms with Crippen LogP contribution in [-0.4, -0.2) is 47.2 Å². The van der Waals surface area contributed by atoms with E-state index in [1.807, 2.05) is 18.0 Å². The third-order valence-corrected chi connectivity index (χ3v) is 4.87. The first kappa shape index (κ1) is 19.6. The van der Waals surface area contributed by atoms with Crippen molar-refractivity contribution >= 4 is 11.7 Å². The number of Topliss-reactive ketones (excluding diaryl/α,β-unsaturated/α-hetero) is 1. The van der Waals surface area contributed by atoms with Crippen LogP contribution in [0.4, 0.5) is 0 Å². The fourth-order valence-electron chi connectivity index (χ4n) is 3.66. The smallest absolute Gasteiger partial charge is 0.223 e. The van der Waals surface area contributed by atoms with Gasteiger partial charge in [0.05, 0.1) is 6.04 Å². The van der Waals surface area contributed by atoms with E-state index in [-0.39, 0.29) is 29.2 Å². The van der Waals surface area contributed by atoms with Crippen LogP contribution in [0.25, 0.3) is 0 Å². The fraction of sp³-hybridized carbons (Fsp3) is 0.619. The highest BCUT2D eigenvalue weighted by atomic mass is 16.2. The Morgan fingerprint density at radius 3 is 2.48 bits per heavy atom. The first-order valence-corrected chi connectivity index (χ1v) is 9.12. The number of amides is 1. The number of likely N-dealkylation sites (tertiary alicyclic amines) is 1. The van der Waals surface area contributed by atoms with Gasteiger partial charge in [0.25, 0.3) is 0 Å². The van der Waals surface area contributed by atoms with Crippen LogP contribution >= 0.6 is 0 Å². The summed E-state index contributed by atoms with van der Waals surface area (Å²) in [6, 6.07) is 8.34. The summed E-state index contributed by atoms with van der Waals surface area (Å²) >= 11 is 0. The van der Waals surface area contributed by atoms with Gasteiger partial charge in [-0.15, -0.1) is 0 Å². The monoisotopic (exact) mass is 344 g/mol. The number of carbonyl (C=O) groups excluding carboxylic acids is 2. The van der Waals surface area contributed by atoms with Crippen LogP contribution in [0.2, 0.25) is 0 Å². The Balaban J connectivity index is 2.23. The van der Waals surface area contributed by atoms with Crippen molar-refractivity contribution in [2.45, 2.75) is 66.1 Å². The summed E-state index contributed by atoms with van der Waals surface area (Å²) in [7, 11) is 1.98. The second-order valence-corrected chi connectivity index (χ2v) is 8.70. The number of ketones is 1. The van der Waals surface area contributed by atoms with Crippen molar-refractivity contribution in [1.29, 1.82) is 0 Å². The van der Waals surface area contributed by atoms with Crippen LogP contribution in [-0.2, 0) is 16.1 Å². The minimum Gasteiger partial charge on any atom is -0.334 e. The van der Waals surface area contributed by atoms with E-state index in [0.29, 0.717) is 13.0 Å². The van der Waals surface area contributed by atoms with Gasteiger partial charge in [0, 0.05) is 25.6 Å². The molecule has 0 unspecified atom stereocenters. The Hall–Kier alpha value is -1.68. The number of likely N-dealkylation sites (N-methyl/N-ethyl adjacent to an activating group) is 1. The van der Waals surface area contributed by atoms with E-state index < -0.39 is 0 Å². The van der Waals surface area contributed by atoms with Crippen molar-refractivity contribution < 1.29 is 9.59 Å². The molecular weight excluding hydrogens is 312 g/mol. The highest BCUT2D eigenvalue weighted by molar-refractivity contribution is 5.82. The molecule has 2 atom stereocenters. The molecule has 1 aliphatic rings. The van der Waals surface area contributed by atoms with Crippen molar-refractivity contribution in [2.75, 3.05) is 13.6 Å². The summed E-state index contributed by atoms with van der Waals surface area (Å²) in [4.78, 5) is 29.0. The maximum Gasteiger partial charge on any atom is 0.223 e. The van der Waals surface area contributed by atoms with Crippen molar-refractivity contribution in [3.63, 3.8) is 0 Å². The molecule has 1 fully saturated rings. The normalized spacial score (nSPS) is 21.4. The maximum absolute atomic E-state index is 13.0. The van der Waals surface area contributed by atoms with E-state index in [1.165, 1.54) is 5.56 Å². The third kappa shape index (κ3) is 5.40. The Bertz CT molecular complexity index is 633. The van der Waals surface area contributed by atoms with Crippen molar-refractivity contribution in [1.82, 2.24) is 9.80 Å². The molecule has 1 heterocycles. The lowest BCUT2D eigenvalue weighted by Gasteiger charge is -2.32. The first-order chi connectivity index (χ1) is 11.6. The van der Waals surface area contributed by atoms with Gasteiger partial charge in [-0.25, -0.2) is 0 Å². The average Bonchev–Trinajstić information content (AvgIpc) is 2.84. The molecule has 1 saturated heterocycles. The van der Waals surface area contributed by atoms with Crippen LogP contribution in [0, 0.1) is 12.3 Å². The van der Waals surface area contributed by atoms with E-state index in [9.17, 15) is 9.59 Å². The number of rotatable bonds is 5. The molecule has 0 N–H and O–H groups in total. The molecule has 1 aliphatic heterocycles. The molecule has 0 saturated carbocycles. The lowest BCUT2D eigenvalue weighted by molar-refractivity contribution is -0.136. The van der Waals surface area contributed by atoms with Gasteiger partial charge in [-0.3, -0.25) is 14.5 Å². The average molecular weight is 344 g/mol. The molecule has 0 bridgehead atoms. The Morgan fingerprint density at radius 2 is 1.96 bits per heavy atom. The lowest BCUT2D eigenvalue weighted by Crippen LogP contribution is -2.42. The minimum absolute atomic E-state index is 0.0492. The quantitative estimate of drug-likeness (QED) is 0.822. The second-order valence-electron chi connectivity index (χ2n) is 8.70. The van der Waals surface area contributed by atoms with E-state index in [0.717, 1.165) is 18.5 Å². The standard InChI is InChI=1S/C21H32N2O2/c1-15-8-7-9-17(10-15)13-23(20(25)12-21(3,4)5)18-11-19(16(2)24)22(6)14-18/h7-10,18-19H,11-14H2,1-6H3/t18-,19+/m1/s1. The number of benzene rings is 1. The first-order valence-electron chi connectivity index (χ1n) is 9.12.